The second-order valence-corrected chi connectivity index (χ2v) is 8.05. The van der Waals surface area contributed by atoms with Crippen LogP contribution in [0, 0.1) is 6.92 Å². The lowest BCUT2D eigenvalue weighted by Gasteiger charge is -2.32. The fourth-order valence-corrected chi connectivity index (χ4v) is 4.57. The van der Waals surface area contributed by atoms with Gasteiger partial charge in [0, 0.05) is 18.3 Å². The molecule has 0 saturated carbocycles. The van der Waals surface area contributed by atoms with Crippen molar-refractivity contribution in [3.05, 3.63) is 76.2 Å². The first-order valence-corrected chi connectivity index (χ1v) is 10.4. The van der Waals surface area contributed by atoms with E-state index in [-0.39, 0.29) is 12.0 Å². The van der Waals surface area contributed by atoms with Crippen molar-refractivity contribution in [1.29, 1.82) is 0 Å². The SMILES string of the molecule is Cc1ccsc1C(=O)N1CCO[C@H](c2nnn3cc(-c4ccccc4)ccc23)C1. The number of morpholine rings is 1. The van der Waals surface area contributed by atoms with Gasteiger partial charge in [-0.1, -0.05) is 41.6 Å². The third-order valence-corrected chi connectivity index (χ3v) is 6.27. The number of benzene rings is 1. The van der Waals surface area contributed by atoms with Gasteiger partial charge in [0.25, 0.3) is 5.91 Å². The largest absolute Gasteiger partial charge is 0.368 e. The third kappa shape index (κ3) is 3.32. The van der Waals surface area contributed by atoms with E-state index in [1.54, 1.807) is 4.52 Å². The first kappa shape index (κ1) is 18.0. The molecule has 0 radical (unpaired) electrons. The molecular weight excluding hydrogens is 384 g/mol. The molecule has 7 heteroatoms. The Kier molecular flexibility index (Phi) is 4.61. The van der Waals surface area contributed by atoms with Crippen LogP contribution in [0.2, 0.25) is 0 Å². The number of ether oxygens (including phenoxy) is 1. The molecule has 146 valence electrons. The highest BCUT2D eigenvalue weighted by molar-refractivity contribution is 7.12. The zero-order valence-electron chi connectivity index (χ0n) is 16.0. The van der Waals surface area contributed by atoms with Crippen LogP contribution in [0.15, 0.2) is 60.1 Å². The van der Waals surface area contributed by atoms with E-state index in [2.05, 4.69) is 28.5 Å². The molecule has 1 amide bonds. The average Bonchev–Trinajstić information content (AvgIpc) is 3.39. The second-order valence-electron chi connectivity index (χ2n) is 7.13. The Hall–Kier alpha value is -3.03. The number of hydrogen-bond donors (Lipinski definition) is 0. The summed E-state index contributed by atoms with van der Waals surface area (Å²) in [6, 6.07) is 16.2. The fourth-order valence-electron chi connectivity index (χ4n) is 3.68. The number of aryl methyl sites for hydroxylation is 1. The predicted molar refractivity (Wildman–Crippen MR) is 112 cm³/mol. The van der Waals surface area contributed by atoms with Gasteiger partial charge in [0.1, 0.15) is 11.8 Å². The van der Waals surface area contributed by atoms with Crippen LogP contribution in [0.4, 0.5) is 0 Å². The van der Waals surface area contributed by atoms with Crippen LogP contribution in [-0.2, 0) is 4.74 Å². The molecule has 0 N–H and O–H groups in total. The van der Waals surface area contributed by atoms with Gasteiger partial charge in [-0.05, 0) is 35.6 Å². The molecule has 0 unspecified atom stereocenters. The van der Waals surface area contributed by atoms with Crippen LogP contribution in [0.25, 0.3) is 16.6 Å². The normalized spacial score (nSPS) is 17.0. The lowest BCUT2D eigenvalue weighted by atomic mass is 10.1. The number of aromatic nitrogens is 3. The van der Waals surface area contributed by atoms with Crippen LogP contribution in [0.1, 0.15) is 27.0 Å². The molecule has 29 heavy (non-hydrogen) atoms. The van der Waals surface area contributed by atoms with Crippen molar-refractivity contribution in [2.75, 3.05) is 19.7 Å². The zero-order chi connectivity index (χ0) is 19.8. The molecule has 5 rings (SSSR count). The van der Waals surface area contributed by atoms with Crippen LogP contribution in [0.3, 0.4) is 0 Å². The van der Waals surface area contributed by atoms with Crippen molar-refractivity contribution in [3.8, 4) is 11.1 Å². The van der Waals surface area contributed by atoms with Crippen LogP contribution < -0.4 is 0 Å². The monoisotopic (exact) mass is 404 g/mol. The molecule has 0 bridgehead atoms. The molecule has 1 atom stereocenters. The number of thiophene rings is 1. The van der Waals surface area contributed by atoms with Crippen LogP contribution >= 0.6 is 11.3 Å². The molecule has 4 heterocycles. The molecule has 3 aromatic heterocycles. The maximum Gasteiger partial charge on any atom is 0.264 e. The van der Waals surface area contributed by atoms with Crippen LogP contribution in [-0.4, -0.2) is 45.3 Å². The molecule has 4 aromatic rings. The van der Waals surface area contributed by atoms with E-state index < -0.39 is 0 Å². The van der Waals surface area contributed by atoms with Gasteiger partial charge < -0.3 is 9.64 Å². The Morgan fingerprint density at radius 1 is 1.14 bits per heavy atom. The molecular formula is C22H20N4O2S. The summed E-state index contributed by atoms with van der Waals surface area (Å²) in [5, 5.41) is 10.6. The number of hydrogen-bond acceptors (Lipinski definition) is 5. The highest BCUT2D eigenvalue weighted by atomic mass is 32.1. The molecule has 1 aliphatic heterocycles. The summed E-state index contributed by atoms with van der Waals surface area (Å²) in [7, 11) is 0. The summed E-state index contributed by atoms with van der Waals surface area (Å²) in [4.78, 5) is 15.6. The van der Waals surface area contributed by atoms with Gasteiger partial charge in [-0.3, -0.25) is 4.79 Å². The Balaban J connectivity index is 1.42. The molecule has 1 aliphatic rings. The first-order chi connectivity index (χ1) is 14.2. The van der Waals surface area contributed by atoms with E-state index >= 15 is 0 Å². The van der Waals surface area contributed by atoms with Gasteiger partial charge in [-0.2, -0.15) is 0 Å². The number of pyridine rings is 1. The quantitative estimate of drug-likeness (QED) is 0.518. The minimum absolute atomic E-state index is 0.0636. The maximum atomic E-state index is 12.9. The van der Waals surface area contributed by atoms with E-state index in [1.807, 2.05) is 53.7 Å². The molecule has 1 saturated heterocycles. The number of nitrogens with zero attached hydrogens (tertiary/aromatic N) is 4. The topological polar surface area (TPSA) is 59.7 Å². The second kappa shape index (κ2) is 7.42. The van der Waals surface area contributed by atoms with Gasteiger partial charge in [0.2, 0.25) is 0 Å². The lowest BCUT2D eigenvalue weighted by Crippen LogP contribution is -2.42. The average molecular weight is 404 g/mol. The number of carbonyl (C=O) groups is 1. The van der Waals surface area contributed by atoms with Gasteiger partial charge in [0.15, 0.2) is 0 Å². The van der Waals surface area contributed by atoms with Crippen molar-refractivity contribution >= 4 is 22.8 Å². The standard InChI is InChI=1S/C22H20N4O2S/c1-15-9-12-29-21(15)22(27)25-10-11-28-19(14-25)20-18-8-7-17(13-26(18)24-23-20)16-5-3-2-4-6-16/h2-9,12-13,19H,10-11,14H2,1H3/t19-/m0/s1. The number of carbonyl (C=O) groups excluding carboxylic acids is 1. The molecule has 0 spiro atoms. The van der Waals surface area contributed by atoms with Crippen molar-refractivity contribution in [2.24, 2.45) is 0 Å². The van der Waals surface area contributed by atoms with Crippen molar-refractivity contribution < 1.29 is 9.53 Å². The molecule has 1 aromatic carbocycles. The van der Waals surface area contributed by atoms with Gasteiger partial charge in [-0.15, -0.1) is 16.4 Å². The summed E-state index contributed by atoms with van der Waals surface area (Å²) in [5.74, 6) is 0.0636. The Labute approximate surface area is 172 Å². The highest BCUT2D eigenvalue weighted by Gasteiger charge is 2.30. The van der Waals surface area contributed by atoms with E-state index in [9.17, 15) is 4.79 Å². The van der Waals surface area contributed by atoms with E-state index in [0.29, 0.717) is 19.7 Å². The summed E-state index contributed by atoms with van der Waals surface area (Å²) < 4.78 is 7.75. The zero-order valence-corrected chi connectivity index (χ0v) is 16.8. The molecule has 1 fully saturated rings. The predicted octanol–water partition coefficient (Wildman–Crippen LogP) is 3.98. The van der Waals surface area contributed by atoms with Crippen molar-refractivity contribution in [3.63, 3.8) is 0 Å². The Bertz CT molecular complexity index is 1170. The summed E-state index contributed by atoms with van der Waals surface area (Å²) in [6.45, 7) is 3.52. The van der Waals surface area contributed by atoms with Crippen LogP contribution in [0.5, 0.6) is 0 Å². The van der Waals surface area contributed by atoms with Gasteiger partial charge in [0.05, 0.1) is 23.5 Å². The van der Waals surface area contributed by atoms with E-state index in [1.165, 1.54) is 11.3 Å². The Morgan fingerprint density at radius 2 is 2.00 bits per heavy atom. The molecule has 6 nitrogen and oxygen atoms in total. The van der Waals surface area contributed by atoms with E-state index in [4.69, 9.17) is 4.74 Å². The number of rotatable bonds is 3. The van der Waals surface area contributed by atoms with Gasteiger partial charge in [-0.25, -0.2) is 4.52 Å². The van der Waals surface area contributed by atoms with Crippen molar-refractivity contribution in [1.82, 2.24) is 19.7 Å². The highest BCUT2D eigenvalue weighted by Crippen LogP contribution is 2.28. The maximum absolute atomic E-state index is 12.9. The summed E-state index contributed by atoms with van der Waals surface area (Å²) >= 11 is 1.49. The summed E-state index contributed by atoms with van der Waals surface area (Å²) in [5.41, 5.74) is 4.89. The number of amides is 1. The smallest absolute Gasteiger partial charge is 0.264 e. The minimum Gasteiger partial charge on any atom is -0.368 e. The molecule has 0 aliphatic carbocycles. The van der Waals surface area contributed by atoms with Crippen molar-refractivity contribution in [2.45, 2.75) is 13.0 Å². The lowest BCUT2D eigenvalue weighted by molar-refractivity contribution is -0.0239. The van der Waals surface area contributed by atoms with Gasteiger partial charge >= 0.3 is 0 Å². The van der Waals surface area contributed by atoms with E-state index in [0.717, 1.165) is 32.8 Å². The third-order valence-electron chi connectivity index (χ3n) is 5.26. The Morgan fingerprint density at radius 3 is 2.79 bits per heavy atom. The number of fused-ring (bicyclic) bond motifs is 1. The minimum atomic E-state index is -0.284. The fraction of sp³-hybridized carbons (Fsp3) is 0.227. The first-order valence-electron chi connectivity index (χ1n) is 9.56. The summed E-state index contributed by atoms with van der Waals surface area (Å²) in [6.07, 6.45) is 1.69.